The molecule has 1 aromatic carbocycles. The summed E-state index contributed by atoms with van der Waals surface area (Å²) >= 11 is 5.92. The van der Waals surface area contributed by atoms with Gasteiger partial charge in [-0.15, -0.1) is 0 Å². The topological polar surface area (TPSA) is 38.9 Å². The highest BCUT2D eigenvalue weighted by molar-refractivity contribution is 6.33. The first-order valence-electron chi connectivity index (χ1n) is 4.23. The maximum absolute atomic E-state index is 5.92. The van der Waals surface area contributed by atoms with Gasteiger partial charge in [-0.1, -0.05) is 17.7 Å². The van der Waals surface area contributed by atoms with Crippen molar-refractivity contribution in [3.63, 3.8) is 0 Å². The zero-order valence-electron chi connectivity index (χ0n) is 7.44. The molecule has 14 heavy (non-hydrogen) atoms. The molecule has 0 saturated carbocycles. The number of rotatable bonds is 1. The molecule has 0 unspecified atom stereocenters. The lowest BCUT2D eigenvalue weighted by atomic mass is 10.1. The van der Waals surface area contributed by atoms with E-state index in [4.69, 9.17) is 17.3 Å². The second-order valence-electron chi connectivity index (χ2n) is 2.97. The van der Waals surface area contributed by atoms with Crippen molar-refractivity contribution in [1.29, 1.82) is 0 Å². The van der Waals surface area contributed by atoms with E-state index in [2.05, 4.69) is 4.98 Å². The SMILES string of the molecule is Nc1ccc(-c2ccncc2)cc1Cl. The van der Waals surface area contributed by atoms with Gasteiger partial charge in [0.1, 0.15) is 0 Å². The number of pyridine rings is 1. The van der Waals surface area contributed by atoms with E-state index < -0.39 is 0 Å². The van der Waals surface area contributed by atoms with E-state index in [-0.39, 0.29) is 0 Å². The molecule has 0 aliphatic carbocycles. The van der Waals surface area contributed by atoms with Crippen LogP contribution < -0.4 is 5.73 Å². The summed E-state index contributed by atoms with van der Waals surface area (Å²) < 4.78 is 0. The number of benzene rings is 1. The van der Waals surface area contributed by atoms with Gasteiger partial charge in [0, 0.05) is 12.4 Å². The lowest BCUT2D eigenvalue weighted by molar-refractivity contribution is 1.33. The van der Waals surface area contributed by atoms with Crippen LogP contribution >= 0.6 is 11.6 Å². The van der Waals surface area contributed by atoms with Gasteiger partial charge in [-0.2, -0.15) is 0 Å². The number of nitrogen functional groups attached to an aromatic ring is 1. The molecule has 0 aliphatic rings. The van der Waals surface area contributed by atoms with Gasteiger partial charge in [0.15, 0.2) is 0 Å². The fraction of sp³-hybridized carbons (Fsp3) is 0. The predicted octanol–water partition coefficient (Wildman–Crippen LogP) is 2.98. The van der Waals surface area contributed by atoms with Crippen LogP contribution in [0.25, 0.3) is 11.1 Å². The monoisotopic (exact) mass is 204 g/mol. The van der Waals surface area contributed by atoms with Crippen LogP contribution in [0.15, 0.2) is 42.7 Å². The summed E-state index contributed by atoms with van der Waals surface area (Å²) in [7, 11) is 0. The Balaban J connectivity index is 2.48. The summed E-state index contributed by atoms with van der Waals surface area (Å²) in [4.78, 5) is 3.95. The first-order chi connectivity index (χ1) is 6.77. The van der Waals surface area contributed by atoms with Gasteiger partial charge in [-0.3, -0.25) is 4.98 Å². The molecule has 70 valence electrons. The van der Waals surface area contributed by atoms with Crippen molar-refractivity contribution in [2.24, 2.45) is 0 Å². The van der Waals surface area contributed by atoms with Crippen molar-refractivity contribution < 1.29 is 0 Å². The summed E-state index contributed by atoms with van der Waals surface area (Å²) in [6.07, 6.45) is 3.50. The highest BCUT2D eigenvalue weighted by atomic mass is 35.5. The Morgan fingerprint density at radius 1 is 1.00 bits per heavy atom. The molecule has 0 aliphatic heterocycles. The smallest absolute Gasteiger partial charge is 0.0641 e. The van der Waals surface area contributed by atoms with Gasteiger partial charge >= 0.3 is 0 Å². The van der Waals surface area contributed by atoms with Crippen molar-refractivity contribution in [3.8, 4) is 11.1 Å². The van der Waals surface area contributed by atoms with Gasteiger partial charge in [0.25, 0.3) is 0 Å². The molecule has 0 fully saturated rings. The molecule has 0 radical (unpaired) electrons. The summed E-state index contributed by atoms with van der Waals surface area (Å²) in [5, 5.41) is 0.583. The quantitative estimate of drug-likeness (QED) is 0.726. The summed E-state index contributed by atoms with van der Waals surface area (Å²) in [5.41, 5.74) is 8.36. The second kappa shape index (κ2) is 3.68. The Hall–Kier alpha value is -1.54. The van der Waals surface area contributed by atoms with E-state index in [9.17, 15) is 0 Å². The van der Waals surface area contributed by atoms with Crippen molar-refractivity contribution in [3.05, 3.63) is 47.7 Å². The Labute approximate surface area is 87.4 Å². The number of halogens is 1. The van der Waals surface area contributed by atoms with E-state index in [1.54, 1.807) is 18.5 Å². The van der Waals surface area contributed by atoms with Gasteiger partial charge in [-0.25, -0.2) is 0 Å². The van der Waals surface area contributed by atoms with Crippen molar-refractivity contribution >= 4 is 17.3 Å². The first kappa shape index (κ1) is 9.03. The molecule has 1 aromatic heterocycles. The highest BCUT2D eigenvalue weighted by Gasteiger charge is 2.00. The Morgan fingerprint density at radius 2 is 1.71 bits per heavy atom. The van der Waals surface area contributed by atoms with Crippen LogP contribution in [0, 0.1) is 0 Å². The molecule has 0 amide bonds. The van der Waals surface area contributed by atoms with E-state index in [0.29, 0.717) is 10.7 Å². The van der Waals surface area contributed by atoms with Gasteiger partial charge < -0.3 is 5.73 Å². The summed E-state index contributed by atoms with van der Waals surface area (Å²) in [5.74, 6) is 0. The molecule has 2 nitrogen and oxygen atoms in total. The predicted molar refractivity (Wildman–Crippen MR) is 59.1 cm³/mol. The Morgan fingerprint density at radius 3 is 2.36 bits per heavy atom. The molecule has 0 saturated heterocycles. The Bertz CT molecular complexity index is 440. The number of nitrogens with two attached hydrogens (primary N) is 1. The minimum atomic E-state index is 0.583. The van der Waals surface area contributed by atoms with E-state index >= 15 is 0 Å². The number of nitrogens with zero attached hydrogens (tertiary/aromatic N) is 1. The number of hydrogen-bond acceptors (Lipinski definition) is 2. The minimum absolute atomic E-state index is 0.583. The standard InChI is InChI=1S/C11H9ClN2/c12-10-7-9(1-2-11(10)13)8-3-5-14-6-4-8/h1-7H,13H2. The van der Waals surface area contributed by atoms with E-state index in [1.807, 2.05) is 24.3 Å². The van der Waals surface area contributed by atoms with Crippen molar-refractivity contribution in [1.82, 2.24) is 4.98 Å². The fourth-order valence-corrected chi connectivity index (χ4v) is 1.43. The highest BCUT2D eigenvalue weighted by Crippen LogP contribution is 2.26. The van der Waals surface area contributed by atoms with E-state index in [1.165, 1.54) is 0 Å². The molecular formula is C11H9ClN2. The van der Waals surface area contributed by atoms with Gasteiger partial charge in [-0.05, 0) is 35.4 Å². The lowest BCUT2D eigenvalue weighted by Gasteiger charge is -2.03. The molecule has 3 heteroatoms. The molecule has 1 heterocycles. The lowest BCUT2D eigenvalue weighted by Crippen LogP contribution is -1.86. The number of hydrogen-bond donors (Lipinski definition) is 1. The van der Waals surface area contributed by atoms with Crippen LogP contribution in [0.5, 0.6) is 0 Å². The average molecular weight is 205 g/mol. The maximum atomic E-state index is 5.92. The largest absolute Gasteiger partial charge is 0.398 e. The van der Waals surface area contributed by atoms with Gasteiger partial charge in [0.05, 0.1) is 10.7 Å². The minimum Gasteiger partial charge on any atom is -0.398 e. The molecule has 0 atom stereocenters. The van der Waals surface area contributed by atoms with E-state index in [0.717, 1.165) is 11.1 Å². The molecule has 2 N–H and O–H groups in total. The molecular weight excluding hydrogens is 196 g/mol. The molecule has 2 aromatic rings. The van der Waals surface area contributed by atoms with Crippen LogP contribution in [-0.4, -0.2) is 4.98 Å². The molecule has 0 bridgehead atoms. The second-order valence-corrected chi connectivity index (χ2v) is 3.38. The van der Waals surface area contributed by atoms with Crippen LogP contribution in [0.4, 0.5) is 5.69 Å². The average Bonchev–Trinajstić information content (AvgIpc) is 2.23. The summed E-state index contributed by atoms with van der Waals surface area (Å²) in [6.45, 7) is 0. The van der Waals surface area contributed by atoms with Crippen LogP contribution in [0.1, 0.15) is 0 Å². The third-order valence-electron chi connectivity index (χ3n) is 2.01. The van der Waals surface area contributed by atoms with Crippen LogP contribution in [0.3, 0.4) is 0 Å². The fourth-order valence-electron chi connectivity index (χ4n) is 1.25. The molecule has 2 rings (SSSR count). The van der Waals surface area contributed by atoms with Gasteiger partial charge in [0.2, 0.25) is 0 Å². The first-order valence-corrected chi connectivity index (χ1v) is 4.60. The number of anilines is 1. The third-order valence-corrected chi connectivity index (χ3v) is 2.34. The van der Waals surface area contributed by atoms with Crippen LogP contribution in [-0.2, 0) is 0 Å². The van der Waals surface area contributed by atoms with Crippen LogP contribution in [0.2, 0.25) is 5.02 Å². The normalized spacial score (nSPS) is 10.1. The van der Waals surface area contributed by atoms with Crippen molar-refractivity contribution in [2.75, 3.05) is 5.73 Å². The third kappa shape index (κ3) is 1.70. The Kier molecular flexibility index (Phi) is 2.37. The van der Waals surface area contributed by atoms with Crippen molar-refractivity contribution in [2.45, 2.75) is 0 Å². The zero-order valence-corrected chi connectivity index (χ0v) is 8.20. The molecule has 0 spiro atoms. The zero-order chi connectivity index (χ0) is 9.97. The number of aromatic nitrogens is 1. The maximum Gasteiger partial charge on any atom is 0.0641 e. The summed E-state index contributed by atoms with van der Waals surface area (Å²) in [6, 6.07) is 9.46.